The number of carbonyl (C=O) groups is 1. The van der Waals surface area contributed by atoms with Crippen LogP contribution in [-0.4, -0.2) is 66.0 Å². The first-order valence-electron chi connectivity index (χ1n) is 12.4. The number of piperidine rings is 1. The van der Waals surface area contributed by atoms with Crippen molar-refractivity contribution in [2.75, 3.05) is 7.11 Å². The van der Waals surface area contributed by atoms with Crippen LogP contribution in [0.15, 0.2) is 29.4 Å². The summed E-state index contributed by atoms with van der Waals surface area (Å²) >= 11 is 6.36. The summed E-state index contributed by atoms with van der Waals surface area (Å²) < 4.78 is 48.1. The van der Waals surface area contributed by atoms with Crippen LogP contribution in [0.1, 0.15) is 52.4 Å². The van der Waals surface area contributed by atoms with Crippen molar-refractivity contribution >= 4 is 27.5 Å². The van der Waals surface area contributed by atoms with Crippen molar-refractivity contribution in [1.82, 2.24) is 14.9 Å². The molecule has 0 radical (unpaired) electrons. The smallest absolute Gasteiger partial charge is 0.410 e. The number of ether oxygens (including phenoxy) is 4. The SMILES string of the molecule is COc1c(Oc2ccc(S(=O)(=O)C3CC3)cc2Cl)ncnc1OC1CC2CCC(C1)N2C(=O)OC(C)C. The molecule has 2 aliphatic heterocycles. The van der Waals surface area contributed by atoms with Gasteiger partial charge in [-0.1, -0.05) is 11.6 Å². The number of hydrogen-bond donors (Lipinski definition) is 0. The fraction of sp³-hybridized carbons (Fsp3) is 0.560. The van der Waals surface area contributed by atoms with Gasteiger partial charge < -0.3 is 23.8 Å². The van der Waals surface area contributed by atoms with Gasteiger partial charge in [-0.05, 0) is 57.7 Å². The number of rotatable bonds is 8. The minimum atomic E-state index is -3.38. The minimum Gasteiger partial charge on any atom is -0.487 e. The molecular weight excluding hydrogens is 522 g/mol. The van der Waals surface area contributed by atoms with E-state index in [0.717, 1.165) is 12.8 Å². The second kappa shape index (κ2) is 10.2. The highest BCUT2D eigenvalue weighted by Crippen LogP contribution is 2.43. The van der Waals surface area contributed by atoms with Crippen molar-refractivity contribution in [2.45, 2.75) is 86.8 Å². The van der Waals surface area contributed by atoms with E-state index in [9.17, 15) is 13.2 Å². The highest BCUT2D eigenvalue weighted by Gasteiger charge is 2.45. The summed E-state index contributed by atoms with van der Waals surface area (Å²) in [5.74, 6) is 0.740. The van der Waals surface area contributed by atoms with E-state index in [-0.39, 0.29) is 68.8 Å². The summed E-state index contributed by atoms with van der Waals surface area (Å²) in [5.41, 5.74) is 0. The first kappa shape index (κ1) is 25.8. The Morgan fingerprint density at radius 3 is 2.35 bits per heavy atom. The Hall–Kier alpha value is -2.79. The predicted octanol–water partition coefficient (Wildman–Crippen LogP) is 4.79. The molecule has 200 valence electrons. The van der Waals surface area contributed by atoms with Gasteiger partial charge >= 0.3 is 6.09 Å². The van der Waals surface area contributed by atoms with Gasteiger partial charge in [0.1, 0.15) is 18.2 Å². The van der Waals surface area contributed by atoms with Gasteiger partial charge in [-0.15, -0.1) is 0 Å². The second-order valence-electron chi connectivity index (χ2n) is 9.89. The summed E-state index contributed by atoms with van der Waals surface area (Å²) in [4.78, 5) is 23.0. The van der Waals surface area contributed by atoms with Crippen LogP contribution in [0.2, 0.25) is 5.02 Å². The van der Waals surface area contributed by atoms with E-state index in [4.69, 9.17) is 30.5 Å². The Kier molecular flexibility index (Phi) is 7.10. The number of fused-ring (bicyclic) bond motifs is 2. The zero-order valence-electron chi connectivity index (χ0n) is 20.9. The van der Waals surface area contributed by atoms with Crippen molar-refractivity contribution in [3.63, 3.8) is 0 Å². The highest BCUT2D eigenvalue weighted by molar-refractivity contribution is 7.92. The Bertz CT molecular complexity index is 1270. The van der Waals surface area contributed by atoms with Gasteiger partial charge in [-0.2, -0.15) is 9.97 Å². The molecule has 2 bridgehead atoms. The van der Waals surface area contributed by atoms with Crippen LogP contribution in [0.5, 0.6) is 23.3 Å². The molecule has 3 heterocycles. The van der Waals surface area contributed by atoms with Crippen LogP contribution >= 0.6 is 11.6 Å². The summed E-state index contributed by atoms with van der Waals surface area (Å²) in [6.07, 6.45) is 5.12. The van der Waals surface area contributed by atoms with Crippen molar-refractivity contribution in [3.05, 3.63) is 29.5 Å². The Morgan fingerprint density at radius 1 is 1.08 bits per heavy atom. The normalized spacial score (nSPS) is 23.2. The fourth-order valence-corrected chi connectivity index (χ4v) is 7.00. The van der Waals surface area contributed by atoms with Crippen molar-refractivity contribution in [3.8, 4) is 23.3 Å². The van der Waals surface area contributed by atoms with E-state index in [1.807, 2.05) is 18.7 Å². The Balaban J connectivity index is 1.30. The molecule has 10 nitrogen and oxygen atoms in total. The molecule has 0 spiro atoms. The van der Waals surface area contributed by atoms with Gasteiger partial charge in [0.05, 0.1) is 28.4 Å². The number of aromatic nitrogens is 2. The monoisotopic (exact) mass is 551 g/mol. The number of nitrogens with zero attached hydrogens (tertiary/aromatic N) is 3. The molecular formula is C25H30ClN3O7S. The molecule has 5 rings (SSSR count). The van der Waals surface area contributed by atoms with E-state index < -0.39 is 9.84 Å². The number of amides is 1. The maximum Gasteiger partial charge on any atom is 0.410 e. The number of hydrogen-bond acceptors (Lipinski definition) is 9. The van der Waals surface area contributed by atoms with Crippen LogP contribution in [0, 0.1) is 0 Å². The quantitative estimate of drug-likeness (QED) is 0.456. The van der Waals surface area contributed by atoms with Gasteiger partial charge in [-0.25, -0.2) is 13.2 Å². The largest absolute Gasteiger partial charge is 0.487 e. The molecule has 1 saturated carbocycles. The van der Waals surface area contributed by atoms with E-state index in [2.05, 4.69) is 9.97 Å². The molecule has 2 aromatic rings. The van der Waals surface area contributed by atoms with Crippen LogP contribution in [-0.2, 0) is 14.6 Å². The fourth-order valence-electron chi connectivity index (χ4n) is 5.03. The second-order valence-corrected chi connectivity index (χ2v) is 12.5. The number of carbonyl (C=O) groups excluding carboxylic acids is 1. The molecule has 1 amide bonds. The number of benzene rings is 1. The van der Waals surface area contributed by atoms with Crippen molar-refractivity contribution in [2.24, 2.45) is 0 Å². The Morgan fingerprint density at radius 2 is 1.76 bits per heavy atom. The topological polar surface area (TPSA) is 117 Å². The Labute approximate surface area is 221 Å². The molecule has 3 fully saturated rings. The zero-order valence-corrected chi connectivity index (χ0v) is 22.5. The molecule has 2 saturated heterocycles. The van der Waals surface area contributed by atoms with Gasteiger partial charge in [0.2, 0.25) is 5.75 Å². The molecule has 2 atom stereocenters. The average Bonchev–Trinajstić information content (AvgIpc) is 3.66. The lowest BCUT2D eigenvalue weighted by Gasteiger charge is -2.38. The molecule has 1 aliphatic carbocycles. The molecule has 2 unspecified atom stereocenters. The van der Waals surface area contributed by atoms with Crippen molar-refractivity contribution in [1.29, 1.82) is 0 Å². The van der Waals surface area contributed by atoms with Gasteiger partial charge in [-0.3, -0.25) is 0 Å². The third-order valence-corrected chi connectivity index (χ3v) is 9.42. The minimum absolute atomic E-state index is 0.0443. The third kappa shape index (κ3) is 5.29. The average molecular weight is 552 g/mol. The van der Waals surface area contributed by atoms with E-state index in [1.165, 1.54) is 31.6 Å². The van der Waals surface area contributed by atoms with E-state index >= 15 is 0 Å². The predicted molar refractivity (Wildman–Crippen MR) is 134 cm³/mol. The van der Waals surface area contributed by atoms with Crippen LogP contribution < -0.4 is 14.2 Å². The standard InChI is InChI=1S/C25H30ClN3O7S/c1-14(2)34-25(30)29-15-4-5-16(29)11-17(10-15)35-23-22(33-3)24(28-13-27-23)36-21-9-8-19(12-20(21)26)37(31,32)18-6-7-18/h8-9,12-18H,4-7,10-11H2,1-3H3. The summed E-state index contributed by atoms with van der Waals surface area (Å²) in [7, 11) is -1.92. The number of methoxy groups -OCH3 is 1. The molecule has 1 aromatic heterocycles. The summed E-state index contributed by atoms with van der Waals surface area (Å²) in [6, 6.07) is 4.46. The highest BCUT2D eigenvalue weighted by atomic mass is 35.5. The van der Waals surface area contributed by atoms with Crippen LogP contribution in [0.4, 0.5) is 4.79 Å². The number of halogens is 1. The maximum absolute atomic E-state index is 12.6. The zero-order chi connectivity index (χ0) is 26.3. The van der Waals surface area contributed by atoms with Gasteiger partial charge in [0, 0.05) is 24.9 Å². The van der Waals surface area contributed by atoms with E-state index in [0.29, 0.717) is 25.7 Å². The van der Waals surface area contributed by atoms with Gasteiger partial charge in [0.15, 0.2) is 9.84 Å². The molecule has 1 aromatic carbocycles. The first-order valence-corrected chi connectivity index (χ1v) is 14.4. The summed E-state index contributed by atoms with van der Waals surface area (Å²) in [5, 5.41) is -0.193. The lowest BCUT2D eigenvalue weighted by Crippen LogP contribution is -2.49. The van der Waals surface area contributed by atoms with Crippen LogP contribution in [0.25, 0.3) is 0 Å². The van der Waals surface area contributed by atoms with E-state index in [1.54, 1.807) is 0 Å². The third-order valence-electron chi connectivity index (χ3n) is 6.86. The molecule has 12 heteroatoms. The molecule has 3 aliphatic rings. The maximum atomic E-state index is 12.6. The lowest BCUT2D eigenvalue weighted by molar-refractivity contribution is 0.0201. The molecule has 37 heavy (non-hydrogen) atoms. The number of sulfone groups is 1. The first-order chi connectivity index (χ1) is 17.7. The molecule has 0 N–H and O–H groups in total. The summed E-state index contributed by atoms with van der Waals surface area (Å²) in [6.45, 7) is 3.68. The van der Waals surface area contributed by atoms with Crippen LogP contribution in [0.3, 0.4) is 0 Å². The van der Waals surface area contributed by atoms with Gasteiger partial charge in [0.25, 0.3) is 11.8 Å². The lowest BCUT2D eigenvalue weighted by atomic mass is 10.0. The van der Waals surface area contributed by atoms with Crippen molar-refractivity contribution < 1.29 is 32.2 Å².